The second kappa shape index (κ2) is 11.1. The van der Waals surface area contributed by atoms with E-state index in [1.54, 1.807) is 54.7 Å². The number of morpholine rings is 1. The van der Waals surface area contributed by atoms with Gasteiger partial charge in [0.1, 0.15) is 5.69 Å². The van der Waals surface area contributed by atoms with E-state index in [0.717, 1.165) is 23.6 Å². The molecule has 1 aromatic heterocycles. The molecule has 0 aliphatic carbocycles. The quantitative estimate of drug-likeness (QED) is 0.269. The molecule has 1 atom stereocenters. The molecule has 5 rings (SSSR count). The van der Waals surface area contributed by atoms with Gasteiger partial charge in [-0.3, -0.25) is 9.59 Å². The fourth-order valence-corrected chi connectivity index (χ4v) is 4.23. The molecule has 0 spiro atoms. The van der Waals surface area contributed by atoms with Gasteiger partial charge in [0, 0.05) is 53.2 Å². The summed E-state index contributed by atoms with van der Waals surface area (Å²) in [6.45, 7) is 2.09. The molecule has 1 amide bonds. The number of anilines is 4. The van der Waals surface area contributed by atoms with Crippen LogP contribution < -0.4 is 15.5 Å². The summed E-state index contributed by atoms with van der Waals surface area (Å²) < 4.78 is 5.52. The van der Waals surface area contributed by atoms with Gasteiger partial charge >= 0.3 is 0 Å². The van der Waals surface area contributed by atoms with Crippen LogP contribution in [-0.2, 0) is 4.74 Å². The topological polar surface area (TPSA) is 107 Å². The predicted octanol–water partition coefficient (Wildman–Crippen LogP) is 4.44. The standard InChI is InChI=1S/C29H28N4O4/c34-19-26-18-33(16-17-37-26)25-13-11-23(12-14-25)31-22-7-3-20(4-8-22)28(35)21-5-9-24(10-6-21)32-29(36)27-2-1-15-30-27/h1-15,26,30-31,34H,16-19H2,(H,32,36). The van der Waals surface area contributed by atoms with Crippen molar-refractivity contribution in [3.8, 4) is 0 Å². The van der Waals surface area contributed by atoms with Gasteiger partial charge in [0.25, 0.3) is 5.91 Å². The largest absolute Gasteiger partial charge is 0.394 e. The van der Waals surface area contributed by atoms with Crippen LogP contribution in [0.3, 0.4) is 0 Å². The van der Waals surface area contributed by atoms with Gasteiger partial charge in [-0.05, 0) is 84.9 Å². The number of aliphatic hydroxyl groups excluding tert-OH is 1. The highest BCUT2D eigenvalue weighted by molar-refractivity contribution is 6.09. The Labute approximate surface area is 214 Å². The predicted molar refractivity (Wildman–Crippen MR) is 144 cm³/mol. The van der Waals surface area contributed by atoms with Crippen LogP contribution in [0.5, 0.6) is 0 Å². The molecule has 1 aliphatic rings. The zero-order valence-electron chi connectivity index (χ0n) is 20.2. The first-order valence-electron chi connectivity index (χ1n) is 12.1. The normalized spacial score (nSPS) is 15.3. The number of hydrogen-bond donors (Lipinski definition) is 4. The van der Waals surface area contributed by atoms with Crippen molar-refractivity contribution in [1.82, 2.24) is 4.98 Å². The summed E-state index contributed by atoms with van der Waals surface area (Å²) in [5.41, 5.74) is 5.10. The Hall–Kier alpha value is -4.40. The summed E-state index contributed by atoms with van der Waals surface area (Å²) in [4.78, 5) is 30.2. The summed E-state index contributed by atoms with van der Waals surface area (Å²) >= 11 is 0. The number of benzene rings is 3. The highest BCUT2D eigenvalue weighted by Crippen LogP contribution is 2.24. The third-order valence-electron chi connectivity index (χ3n) is 6.26. The first kappa shape index (κ1) is 24.3. The number of carbonyl (C=O) groups is 2. The van der Waals surface area contributed by atoms with Crippen molar-refractivity contribution in [2.45, 2.75) is 6.10 Å². The van der Waals surface area contributed by atoms with Gasteiger partial charge in [-0.15, -0.1) is 0 Å². The van der Waals surface area contributed by atoms with Crippen molar-refractivity contribution >= 4 is 34.4 Å². The minimum absolute atomic E-state index is 0.0206. The molecule has 0 radical (unpaired) electrons. The molecule has 8 heteroatoms. The van der Waals surface area contributed by atoms with Crippen molar-refractivity contribution in [2.75, 3.05) is 41.8 Å². The van der Waals surface area contributed by atoms with Gasteiger partial charge in [-0.2, -0.15) is 0 Å². The zero-order valence-corrected chi connectivity index (χ0v) is 20.2. The van der Waals surface area contributed by atoms with Crippen molar-refractivity contribution in [3.63, 3.8) is 0 Å². The van der Waals surface area contributed by atoms with Crippen LogP contribution in [-0.4, -0.2) is 54.2 Å². The highest BCUT2D eigenvalue weighted by Gasteiger charge is 2.19. The number of ether oxygens (including phenoxy) is 1. The fraction of sp³-hybridized carbons (Fsp3) is 0.172. The smallest absolute Gasteiger partial charge is 0.272 e. The van der Waals surface area contributed by atoms with Crippen molar-refractivity contribution in [1.29, 1.82) is 0 Å². The number of rotatable bonds is 8. The fourth-order valence-electron chi connectivity index (χ4n) is 4.23. The molecule has 37 heavy (non-hydrogen) atoms. The van der Waals surface area contributed by atoms with E-state index >= 15 is 0 Å². The number of hydrogen-bond acceptors (Lipinski definition) is 6. The summed E-state index contributed by atoms with van der Waals surface area (Å²) in [6, 6.07) is 25.7. The van der Waals surface area contributed by atoms with Crippen LogP contribution >= 0.6 is 0 Å². The molecule has 1 aliphatic heterocycles. The van der Waals surface area contributed by atoms with Gasteiger partial charge in [-0.1, -0.05) is 0 Å². The number of amides is 1. The Bertz CT molecular complexity index is 1330. The number of carbonyl (C=O) groups excluding carboxylic acids is 2. The van der Waals surface area contributed by atoms with Crippen molar-refractivity contribution in [2.24, 2.45) is 0 Å². The van der Waals surface area contributed by atoms with Crippen LogP contribution in [0.4, 0.5) is 22.7 Å². The van der Waals surface area contributed by atoms with E-state index in [1.807, 2.05) is 36.4 Å². The summed E-state index contributed by atoms with van der Waals surface area (Å²) in [7, 11) is 0. The van der Waals surface area contributed by atoms with E-state index in [1.165, 1.54) is 0 Å². The molecule has 1 unspecified atom stereocenters. The van der Waals surface area contributed by atoms with Gasteiger partial charge in [0.05, 0.1) is 19.3 Å². The molecular formula is C29H28N4O4. The molecular weight excluding hydrogens is 468 g/mol. The second-order valence-electron chi connectivity index (χ2n) is 8.82. The van der Waals surface area contributed by atoms with Crippen LogP contribution in [0.1, 0.15) is 26.4 Å². The molecule has 8 nitrogen and oxygen atoms in total. The van der Waals surface area contributed by atoms with E-state index in [-0.39, 0.29) is 24.4 Å². The molecule has 1 fully saturated rings. The minimum Gasteiger partial charge on any atom is -0.394 e. The molecule has 0 bridgehead atoms. The molecule has 4 N–H and O–H groups in total. The highest BCUT2D eigenvalue weighted by atomic mass is 16.5. The van der Waals surface area contributed by atoms with Gasteiger partial charge < -0.3 is 30.4 Å². The minimum atomic E-state index is -0.238. The van der Waals surface area contributed by atoms with Gasteiger partial charge in [0.2, 0.25) is 0 Å². The lowest BCUT2D eigenvalue weighted by Crippen LogP contribution is -2.44. The number of nitrogens with zero attached hydrogens (tertiary/aromatic N) is 1. The Morgan fingerprint density at radius 1 is 0.892 bits per heavy atom. The first-order chi connectivity index (χ1) is 18.1. The monoisotopic (exact) mass is 496 g/mol. The Morgan fingerprint density at radius 2 is 1.51 bits per heavy atom. The molecule has 2 heterocycles. The lowest BCUT2D eigenvalue weighted by Gasteiger charge is -2.33. The van der Waals surface area contributed by atoms with E-state index in [4.69, 9.17) is 4.74 Å². The maximum absolute atomic E-state index is 12.9. The van der Waals surface area contributed by atoms with Gasteiger partial charge in [-0.25, -0.2) is 0 Å². The Balaban J connectivity index is 1.18. The average Bonchev–Trinajstić information content (AvgIpc) is 3.50. The number of aromatic nitrogens is 1. The molecule has 0 saturated carbocycles. The summed E-state index contributed by atoms with van der Waals surface area (Å²) in [6.07, 6.45) is 1.54. The number of ketones is 1. The van der Waals surface area contributed by atoms with Gasteiger partial charge in [0.15, 0.2) is 5.78 Å². The number of H-pyrrole nitrogens is 1. The lowest BCUT2D eigenvalue weighted by molar-refractivity contribution is 0.00357. The maximum Gasteiger partial charge on any atom is 0.272 e. The molecule has 3 aromatic carbocycles. The zero-order chi connectivity index (χ0) is 25.6. The van der Waals surface area contributed by atoms with Crippen LogP contribution in [0.15, 0.2) is 91.1 Å². The van der Waals surface area contributed by atoms with Crippen molar-refractivity contribution in [3.05, 3.63) is 108 Å². The third kappa shape index (κ3) is 5.88. The van der Waals surface area contributed by atoms with E-state index in [2.05, 4.69) is 20.5 Å². The van der Waals surface area contributed by atoms with Crippen molar-refractivity contribution < 1.29 is 19.4 Å². The van der Waals surface area contributed by atoms with E-state index in [0.29, 0.717) is 35.7 Å². The van der Waals surface area contributed by atoms with Crippen LogP contribution in [0, 0.1) is 0 Å². The summed E-state index contributed by atoms with van der Waals surface area (Å²) in [5.74, 6) is -0.330. The van der Waals surface area contributed by atoms with E-state index in [9.17, 15) is 14.7 Å². The Morgan fingerprint density at radius 3 is 2.11 bits per heavy atom. The van der Waals surface area contributed by atoms with Crippen LogP contribution in [0.2, 0.25) is 0 Å². The first-order valence-corrected chi connectivity index (χ1v) is 12.1. The Kier molecular flexibility index (Phi) is 7.30. The molecule has 1 saturated heterocycles. The lowest BCUT2D eigenvalue weighted by atomic mass is 10.0. The molecule has 188 valence electrons. The third-order valence-corrected chi connectivity index (χ3v) is 6.26. The van der Waals surface area contributed by atoms with Crippen LogP contribution in [0.25, 0.3) is 0 Å². The molecule has 4 aromatic rings. The second-order valence-corrected chi connectivity index (χ2v) is 8.82. The number of nitrogens with one attached hydrogen (secondary N) is 3. The SMILES string of the molecule is O=C(c1ccc(NC(=O)c2ccc[nH]2)cc1)c1ccc(Nc2ccc(N3CCOC(CO)C3)cc2)cc1. The number of aliphatic hydroxyl groups is 1. The van der Waals surface area contributed by atoms with E-state index < -0.39 is 0 Å². The average molecular weight is 497 g/mol. The summed E-state index contributed by atoms with van der Waals surface area (Å²) in [5, 5.41) is 15.5. The number of aromatic amines is 1. The maximum atomic E-state index is 12.9.